The Morgan fingerprint density at radius 2 is 2.00 bits per heavy atom. The van der Waals surface area contributed by atoms with Gasteiger partial charge in [0.05, 0.1) is 31.8 Å². The van der Waals surface area contributed by atoms with E-state index in [0.717, 1.165) is 4.68 Å². The number of esters is 1. The van der Waals surface area contributed by atoms with Crippen LogP contribution in [0.4, 0.5) is 17.6 Å². The molecule has 0 amide bonds. The molecule has 186 valence electrons. The van der Waals surface area contributed by atoms with Crippen molar-refractivity contribution in [1.82, 2.24) is 9.78 Å². The number of carbonyl (C=O) groups excluding carboxylic acids is 1. The number of alkyl halides is 4. The fraction of sp³-hybridized carbons (Fsp3) is 0.348. The van der Waals surface area contributed by atoms with Crippen LogP contribution < -0.4 is 10.5 Å². The van der Waals surface area contributed by atoms with E-state index in [1.165, 1.54) is 26.2 Å². The van der Waals surface area contributed by atoms with E-state index in [2.05, 4.69) is 5.10 Å². The Hall–Kier alpha value is -4.01. The van der Waals surface area contributed by atoms with Gasteiger partial charge in [-0.2, -0.15) is 10.4 Å². The van der Waals surface area contributed by atoms with Gasteiger partial charge in [0.2, 0.25) is 5.88 Å². The average Bonchev–Trinajstić information content (AvgIpc) is 3.23. The first kappa shape index (κ1) is 25.6. The molecule has 0 bridgehead atoms. The summed E-state index contributed by atoms with van der Waals surface area (Å²) in [5, 5.41) is 13.3. The summed E-state index contributed by atoms with van der Waals surface area (Å²) >= 11 is 0. The maximum absolute atomic E-state index is 13.5. The molecule has 35 heavy (non-hydrogen) atoms. The summed E-state index contributed by atoms with van der Waals surface area (Å²) in [6, 6.07) is 7.16. The minimum atomic E-state index is -3.05. The molecule has 2 N–H and O–H groups in total. The van der Waals surface area contributed by atoms with Crippen molar-refractivity contribution in [1.29, 1.82) is 5.26 Å². The van der Waals surface area contributed by atoms with Gasteiger partial charge in [0.1, 0.15) is 34.5 Å². The zero-order valence-electron chi connectivity index (χ0n) is 19.0. The van der Waals surface area contributed by atoms with Crippen LogP contribution in [0.2, 0.25) is 0 Å². The normalized spacial score (nSPS) is 15.9. The number of benzene rings is 1. The van der Waals surface area contributed by atoms with Crippen LogP contribution in [0.15, 0.2) is 47.1 Å². The fourth-order valence-electron chi connectivity index (χ4n) is 3.81. The molecule has 3 rings (SSSR count). The van der Waals surface area contributed by atoms with Crippen LogP contribution in [0.1, 0.15) is 55.1 Å². The molecule has 0 spiro atoms. The van der Waals surface area contributed by atoms with Crippen LogP contribution in [-0.2, 0) is 20.8 Å². The van der Waals surface area contributed by atoms with Gasteiger partial charge in [0.15, 0.2) is 0 Å². The Balaban J connectivity index is 2.14. The van der Waals surface area contributed by atoms with Crippen molar-refractivity contribution in [2.45, 2.75) is 39.2 Å². The number of nitrogens with two attached hydrogens (primary N) is 1. The zero-order chi connectivity index (χ0) is 25.9. The quantitative estimate of drug-likeness (QED) is 0.426. The van der Waals surface area contributed by atoms with E-state index in [0.29, 0.717) is 17.2 Å². The maximum atomic E-state index is 13.5. The number of rotatable bonds is 8. The summed E-state index contributed by atoms with van der Waals surface area (Å²) in [4.78, 5) is 12.7. The van der Waals surface area contributed by atoms with E-state index in [-0.39, 0.29) is 41.7 Å². The number of halogens is 4. The first-order valence-corrected chi connectivity index (χ1v) is 10.4. The predicted octanol–water partition coefficient (Wildman–Crippen LogP) is 4.46. The van der Waals surface area contributed by atoms with Crippen molar-refractivity contribution in [2.75, 3.05) is 13.7 Å². The van der Waals surface area contributed by atoms with E-state index in [1.807, 2.05) is 6.07 Å². The lowest BCUT2D eigenvalue weighted by atomic mass is 9.82. The predicted molar refractivity (Wildman–Crippen MR) is 114 cm³/mol. The third-order valence-corrected chi connectivity index (χ3v) is 5.34. The van der Waals surface area contributed by atoms with Crippen LogP contribution in [-0.4, -0.2) is 29.5 Å². The number of allylic oxidation sites excluding steroid dienone is 2. The maximum Gasteiger partial charge on any atom is 0.338 e. The topological polar surface area (TPSA) is 112 Å². The molecule has 1 aliphatic heterocycles. The monoisotopic (exact) mass is 494 g/mol. The molecule has 1 aromatic heterocycles. The van der Waals surface area contributed by atoms with Gasteiger partial charge in [-0.05, 0) is 37.6 Å². The number of methoxy groups -OCH3 is 1. The van der Waals surface area contributed by atoms with Gasteiger partial charge in [0.25, 0.3) is 12.9 Å². The molecule has 2 aromatic rings. The van der Waals surface area contributed by atoms with Crippen molar-refractivity contribution in [2.24, 2.45) is 5.73 Å². The number of hydrogen-bond donors (Lipinski definition) is 1. The Morgan fingerprint density at radius 3 is 2.57 bits per heavy atom. The van der Waals surface area contributed by atoms with Crippen LogP contribution in [0.25, 0.3) is 0 Å². The SMILES string of the molecule is CCOC(=O)C1=C(C)OC(N)=C(C#N)C1c1ccc(OC)c(Cn2nc(C(F)F)cc2C(F)F)c1. The lowest BCUT2D eigenvalue weighted by Gasteiger charge is -2.27. The summed E-state index contributed by atoms with van der Waals surface area (Å²) in [6.45, 7) is 2.84. The van der Waals surface area contributed by atoms with Gasteiger partial charge in [-0.15, -0.1) is 0 Å². The van der Waals surface area contributed by atoms with E-state index in [1.54, 1.807) is 13.0 Å². The van der Waals surface area contributed by atoms with E-state index in [9.17, 15) is 27.6 Å². The Kier molecular flexibility index (Phi) is 7.68. The molecule has 1 aliphatic rings. The number of nitriles is 1. The molecule has 2 heterocycles. The highest BCUT2D eigenvalue weighted by Gasteiger charge is 2.36. The van der Waals surface area contributed by atoms with Crippen LogP contribution >= 0.6 is 0 Å². The highest BCUT2D eigenvalue weighted by atomic mass is 19.3. The van der Waals surface area contributed by atoms with Crippen molar-refractivity contribution in [3.63, 3.8) is 0 Å². The molecular formula is C23H22F4N4O4. The summed E-state index contributed by atoms with van der Waals surface area (Å²) in [5.41, 5.74) is 5.08. The van der Waals surface area contributed by atoms with Crippen molar-refractivity contribution < 1.29 is 36.6 Å². The van der Waals surface area contributed by atoms with E-state index in [4.69, 9.17) is 19.9 Å². The summed E-state index contributed by atoms with van der Waals surface area (Å²) in [5.74, 6) is -1.52. The van der Waals surface area contributed by atoms with E-state index < -0.39 is 36.1 Å². The highest BCUT2D eigenvalue weighted by Crippen LogP contribution is 2.41. The molecule has 0 saturated heterocycles. The van der Waals surface area contributed by atoms with Crippen LogP contribution in [0.5, 0.6) is 5.75 Å². The van der Waals surface area contributed by atoms with Gasteiger partial charge in [-0.3, -0.25) is 4.68 Å². The molecule has 1 unspecified atom stereocenters. The second kappa shape index (κ2) is 10.5. The first-order chi connectivity index (χ1) is 16.6. The average molecular weight is 494 g/mol. The van der Waals surface area contributed by atoms with Gasteiger partial charge in [-0.1, -0.05) is 6.07 Å². The summed E-state index contributed by atoms with van der Waals surface area (Å²) in [7, 11) is 1.35. The lowest BCUT2D eigenvalue weighted by Crippen LogP contribution is -2.25. The highest BCUT2D eigenvalue weighted by molar-refractivity contribution is 5.92. The third-order valence-electron chi connectivity index (χ3n) is 5.34. The molecule has 0 radical (unpaired) electrons. The molecule has 1 aromatic carbocycles. The molecule has 12 heteroatoms. The van der Waals surface area contributed by atoms with Crippen molar-refractivity contribution >= 4 is 5.97 Å². The minimum Gasteiger partial charge on any atom is -0.496 e. The fourth-order valence-corrected chi connectivity index (χ4v) is 3.81. The Labute approximate surface area is 198 Å². The van der Waals surface area contributed by atoms with Gasteiger partial charge in [0, 0.05) is 5.56 Å². The molecular weight excluding hydrogens is 472 g/mol. The molecule has 0 saturated carbocycles. The second-order valence-corrected chi connectivity index (χ2v) is 7.44. The smallest absolute Gasteiger partial charge is 0.338 e. The largest absolute Gasteiger partial charge is 0.496 e. The Bertz CT molecular complexity index is 1230. The van der Waals surface area contributed by atoms with Crippen LogP contribution in [0.3, 0.4) is 0 Å². The lowest BCUT2D eigenvalue weighted by molar-refractivity contribution is -0.139. The molecule has 1 atom stereocenters. The van der Waals surface area contributed by atoms with Gasteiger partial charge >= 0.3 is 5.97 Å². The summed E-state index contributed by atoms with van der Waals surface area (Å²) < 4.78 is 69.8. The summed E-state index contributed by atoms with van der Waals surface area (Å²) in [6.07, 6.45) is -6.08. The minimum absolute atomic E-state index is 0.0427. The standard InChI is InChI=1S/C23H22F4N4O4/c1-4-34-23(32)18-11(2)35-22(29)14(9-28)19(18)12-5-6-17(33-3)13(7-12)10-31-16(21(26)27)8-15(30-31)20(24)25/h5-8,19-21H,4,10,29H2,1-3H3. The number of aromatic nitrogens is 2. The van der Waals surface area contributed by atoms with Crippen LogP contribution in [0, 0.1) is 11.3 Å². The zero-order valence-corrected chi connectivity index (χ0v) is 19.0. The van der Waals surface area contributed by atoms with Crippen molar-refractivity contribution in [3.8, 4) is 11.8 Å². The first-order valence-electron chi connectivity index (χ1n) is 10.4. The molecule has 8 nitrogen and oxygen atoms in total. The van der Waals surface area contributed by atoms with E-state index >= 15 is 0 Å². The Morgan fingerprint density at radius 1 is 1.29 bits per heavy atom. The number of nitrogens with zero attached hydrogens (tertiary/aromatic N) is 3. The second-order valence-electron chi connectivity index (χ2n) is 7.44. The number of carbonyl (C=O) groups is 1. The molecule has 0 fully saturated rings. The van der Waals surface area contributed by atoms with Gasteiger partial charge in [-0.25, -0.2) is 22.4 Å². The molecule has 0 aliphatic carbocycles. The van der Waals surface area contributed by atoms with Crippen molar-refractivity contribution in [3.05, 3.63) is 69.6 Å². The van der Waals surface area contributed by atoms with Gasteiger partial charge < -0.3 is 19.9 Å². The number of hydrogen-bond acceptors (Lipinski definition) is 7. The third kappa shape index (κ3) is 5.08. The number of ether oxygens (including phenoxy) is 3.